The molecule has 0 aliphatic rings. The monoisotopic (exact) mass is 415 g/mol. The Balaban J connectivity index is 1.35. The Kier molecular flexibility index (Phi) is 6.53. The van der Waals surface area contributed by atoms with Crippen LogP contribution in [0, 0.1) is 0 Å². The van der Waals surface area contributed by atoms with E-state index in [4.69, 9.17) is 14.2 Å². The van der Waals surface area contributed by atoms with Gasteiger partial charge in [0.2, 0.25) is 0 Å². The van der Waals surface area contributed by atoms with Crippen molar-refractivity contribution in [1.29, 1.82) is 0 Å². The van der Waals surface area contributed by atoms with Crippen LogP contribution in [0.15, 0.2) is 78.9 Å². The highest BCUT2D eigenvalue weighted by atomic mass is 16.5. The van der Waals surface area contributed by atoms with E-state index in [1.807, 2.05) is 85.8 Å². The average Bonchev–Trinajstić information content (AvgIpc) is 3.17. The van der Waals surface area contributed by atoms with Gasteiger partial charge in [-0.15, -0.1) is 0 Å². The van der Waals surface area contributed by atoms with E-state index < -0.39 is 0 Å². The molecule has 1 aromatic heterocycles. The lowest BCUT2D eigenvalue weighted by molar-refractivity contribution is 0.0519. The van der Waals surface area contributed by atoms with Crippen molar-refractivity contribution in [3.05, 3.63) is 90.1 Å². The number of carbonyl (C=O) groups excluding carboxylic acids is 1. The fraction of sp³-hybridized carbons (Fsp3) is 0.192. The van der Waals surface area contributed by atoms with E-state index in [0.717, 1.165) is 40.1 Å². The van der Waals surface area contributed by atoms with Crippen LogP contribution in [-0.4, -0.2) is 24.2 Å². The van der Waals surface area contributed by atoms with Gasteiger partial charge >= 0.3 is 5.97 Å². The van der Waals surface area contributed by atoms with Crippen LogP contribution in [0.25, 0.3) is 10.9 Å². The summed E-state index contributed by atoms with van der Waals surface area (Å²) in [5, 5.41) is 1.05. The molecule has 0 bridgehead atoms. The minimum absolute atomic E-state index is 0.316. The topological polar surface area (TPSA) is 60.6 Å². The number of para-hydroxylation sites is 2. The van der Waals surface area contributed by atoms with E-state index in [9.17, 15) is 4.79 Å². The first-order valence-electron chi connectivity index (χ1n) is 10.5. The minimum atomic E-state index is -0.316. The molecule has 4 aromatic rings. The first-order valence-corrected chi connectivity index (χ1v) is 10.5. The number of nitrogens with one attached hydrogen (secondary N) is 1. The second kappa shape index (κ2) is 9.85. The van der Waals surface area contributed by atoms with Crippen LogP contribution in [0.3, 0.4) is 0 Å². The summed E-state index contributed by atoms with van der Waals surface area (Å²) in [6.07, 6.45) is 1.49. The SMILES string of the molecule is CCOC(=O)c1[nH]c2ccccc2c1CCCOc1ccc(Oc2ccccc2)cc1. The summed E-state index contributed by atoms with van der Waals surface area (Å²) in [6, 6.07) is 25.2. The summed E-state index contributed by atoms with van der Waals surface area (Å²) in [5.74, 6) is 2.03. The number of aromatic nitrogens is 1. The van der Waals surface area contributed by atoms with Gasteiger partial charge < -0.3 is 19.2 Å². The van der Waals surface area contributed by atoms with Gasteiger partial charge in [-0.1, -0.05) is 36.4 Å². The van der Waals surface area contributed by atoms with Gasteiger partial charge in [-0.2, -0.15) is 0 Å². The van der Waals surface area contributed by atoms with Gasteiger partial charge in [0.05, 0.1) is 13.2 Å². The van der Waals surface area contributed by atoms with Gasteiger partial charge in [0.1, 0.15) is 22.9 Å². The maximum absolute atomic E-state index is 12.4. The molecular formula is C26H25NO4. The van der Waals surface area contributed by atoms with E-state index in [-0.39, 0.29) is 5.97 Å². The third-order valence-corrected chi connectivity index (χ3v) is 4.94. The molecule has 1 N–H and O–H groups in total. The molecule has 0 fully saturated rings. The molecule has 0 amide bonds. The number of hydrogen-bond acceptors (Lipinski definition) is 4. The predicted octanol–water partition coefficient (Wildman–Crippen LogP) is 6.15. The Hall–Kier alpha value is -3.73. The summed E-state index contributed by atoms with van der Waals surface area (Å²) in [7, 11) is 0. The van der Waals surface area contributed by atoms with Crippen molar-refractivity contribution in [3.63, 3.8) is 0 Å². The van der Waals surface area contributed by atoms with Crippen LogP contribution in [0.5, 0.6) is 17.2 Å². The summed E-state index contributed by atoms with van der Waals surface area (Å²) < 4.78 is 16.9. The van der Waals surface area contributed by atoms with Crippen LogP contribution < -0.4 is 9.47 Å². The van der Waals surface area contributed by atoms with Gasteiger partial charge in [0.25, 0.3) is 0 Å². The summed E-state index contributed by atoms with van der Waals surface area (Å²) in [4.78, 5) is 15.6. The third kappa shape index (κ3) is 5.07. The molecule has 5 heteroatoms. The van der Waals surface area contributed by atoms with Crippen molar-refractivity contribution in [1.82, 2.24) is 4.98 Å². The van der Waals surface area contributed by atoms with Crippen molar-refractivity contribution in [2.45, 2.75) is 19.8 Å². The molecule has 0 spiro atoms. The lowest BCUT2D eigenvalue weighted by Crippen LogP contribution is -2.09. The molecule has 0 unspecified atom stereocenters. The molecule has 0 saturated heterocycles. The van der Waals surface area contributed by atoms with Gasteiger partial charge in [0.15, 0.2) is 0 Å². The number of hydrogen-bond donors (Lipinski definition) is 1. The number of H-pyrrole nitrogens is 1. The Bertz CT molecular complexity index is 1130. The molecule has 0 saturated carbocycles. The predicted molar refractivity (Wildman–Crippen MR) is 121 cm³/mol. The van der Waals surface area contributed by atoms with E-state index in [1.165, 1.54) is 0 Å². The number of esters is 1. The third-order valence-electron chi connectivity index (χ3n) is 4.94. The summed E-state index contributed by atoms with van der Waals surface area (Å²) in [6.45, 7) is 2.70. The molecule has 0 aliphatic heterocycles. The van der Waals surface area contributed by atoms with Crippen molar-refractivity contribution in [2.24, 2.45) is 0 Å². The quantitative estimate of drug-likeness (QED) is 0.263. The number of fused-ring (bicyclic) bond motifs is 1. The number of aromatic amines is 1. The summed E-state index contributed by atoms with van der Waals surface area (Å²) in [5.41, 5.74) is 2.45. The van der Waals surface area contributed by atoms with Crippen molar-refractivity contribution in [3.8, 4) is 17.2 Å². The van der Waals surface area contributed by atoms with Gasteiger partial charge in [-0.3, -0.25) is 0 Å². The Morgan fingerprint density at radius 1 is 0.839 bits per heavy atom. The van der Waals surface area contributed by atoms with Crippen molar-refractivity contribution < 1.29 is 19.0 Å². The first-order chi connectivity index (χ1) is 15.2. The Morgan fingerprint density at radius 3 is 2.29 bits per heavy atom. The average molecular weight is 415 g/mol. The minimum Gasteiger partial charge on any atom is -0.494 e. The van der Waals surface area contributed by atoms with E-state index in [1.54, 1.807) is 0 Å². The molecule has 1 heterocycles. The van der Waals surface area contributed by atoms with Crippen LogP contribution in [-0.2, 0) is 11.2 Å². The smallest absolute Gasteiger partial charge is 0.355 e. The van der Waals surface area contributed by atoms with E-state index in [0.29, 0.717) is 25.3 Å². The fourth-order valence-electron chi connectivity index (χ4n) is 3.50. The molecule has 0 aliphatic carbocycles. The highest BCUT2D eigenvalue weighted by Gasteiger charge is 2.18. The number of carbonyl (C=O) groups is 1. The molecule has 158 valence electrons. The molecule has 0 atom stereocenters. The van der Waals surface area contributed by atoms with Gasteiger partial charge in [-0.25, -0.2) is 4.79 Å². The number of aryl methyl sites for hydroxylation is 1. The van der Waals surface area contributed by atoms with Crippen molar-refractivity contribution in [2.75, 3.05) is 13.2 Å². The van der Waals surface area contributed by atoms with Crippen molar-refractivity contribution >= 4 is 16.9 Å². The zero-order valence-corrected chi connectivity index (χ0v) is 17.5. The standard InChI is InChI=1S/C26H25NO4/c1-2-29-26(28)25-23(22-11-6-7-13-24(22)27-25)12-8-18-30-19-14-16-21(17-15-19)31-20-9-4-3-5-10-20/h3-7,9-11,13-17,27H,2,8,12,18H2,1H3. The lowest BCUT2D eigenvalue weighted by atomic mass is 10.1. The molecular weight excluding hydrogens is 390 g/mol. The van der Waals surface area contributed by atoms with Crippen LogP contribution in [0.1, 0.15) is 29.4 Å². The number of rotatable bonds is 9. The summed E-state index contributed by atoms with van der Waals surface area (Å²) >= 11 is 0. The molecule has 31 heavy (non-hydrogen) atoms. The Morgan fingerprint density at radius 2 is 1.52 bits per heavy atom. The molecule has 4 rings (SSSR count). The fourth-order valence-corrected chi connectivity index (χ4v) is 3.50. The highest BCUT2D eigenvalue weighted by molar-refractivity contribution is 5.98. The first kappa shape index (κ1) is 20.5. The highest BCUT2D eigenvalue weighted by Crippen LogP contribution is 2.26. The van der Waals surface area contributed by atoms with Crippen LogP contribution in [0.2, 0.25) is 0 Å². The van der Waals surface area contributed by atoms with Gasteiger partial charge in [-0.05, 0) is 67.8 Å². The maximum Gasteiger partial charge on any atom is 0.355 e. The second-order valence-electron chi connectivity index (χ2n) is 7.08. The van der Waals surface area contributed by atoms with Crippen LogP contribution >= 0.6 is 0 Å². The molecule has 0 radical (unpaired) electrons. The van der Waals surface area contributed by atoms with E-state index in [2.05, 4.69) is 4.98 Å². The largest absolute Gasteiger partial charge is 0.494 e. The zero-order valence-electron chi connectivity index (χ0n) is 17.5. The Labute approximate surface area is 181 Å². The van der Waals surface area contributed by atoms with Gasteiger partial charge in [0, 0.05) is 10.9 Å². The van der Waals surface area contributed by atoms with Crippen LogP contribution in [0.4, 0.5) is 0 Å². The second-order valence-corrected chi connectivity index (χ2v) is 7.08. The van der Waals surface area contributed by atoms with E-state index >= 15 is 0 Å². The maximum atomic E-state index is 12.4. The zero-order chi connectivity index (χ0) is 21.5. The molecule has 3 aromatic carbocycles. The number of ether oxygens (including phenoxy) is 3. The lowest BCUT2D eigenvalue weighted by Gasteiger charge is -2.09. The molecule has 5 nitrogen and oxygen atoms in total. The normalized spacial score (nSPS) is 10.7. The number of benzene rings is 3.